The van der Waals surface area contributed by atoms with Crippen molar-refractivity contribution in [1.29, 1.82) is 0 Å². The van der Waals surface area contributed by atoms with Crippen molar-refractivity contribution in [1.82, 2.24) is 5.32 Å². The summed E-state index contributed by atoms with van der Waals surface area (Å²) in [6, 6.07) is 13.9. The van der Waals surface area contributed by atoms with E-state index in [2.05, 4.69) is 5.32 Å². The largest absolute Gasteiger partial charge is 0.481 e. The fourth-order valence-electron chi connectivity index (χ4n) is 3.22. The summed E-state index contributed by atoms with van der Waals surface area (Å²) >= 11 is 0. The lowest BCUT2D eigenvalue weighted by atomic mass is 9.97. The maximum absolute atomic E-state index is 12.0. The Labute approximate surface area is 147 Å². The molecule has 0 saturated carbocycles. The molecule has 2 atom stereocenters. The molecule has 1 heterocycles. The number of carbonyl (C=O) groups is 2. The van der Waals surface area contributed by atoms with Crippen LogP contribution in [0.4, 0.5) is 0 Å². The van der Waals surface area contributed by atoms with E-state index in [0.717, 1.165) is 29.2 Å². The Balaban J connectivity index is 1.58. The third-order valence-electron chi connectivity index (χ3n) is 4.63. The molecule has 5 nitrogen and oxygen atoms in total. The van der Waals surface area contributed by atoms with E-state index >= 15 is 0 Å². The number of carboxylic acid groups (broad SMARTS) is 1. The lowest BCUT2D eigenvalue weighted by Gasteiger charge is -2.15. The molecule has 2 aromatic carbocycles. The van der Waals surface area contributed by atoms with Gasteiger partial charge in [0.25, 0.3) is 0 Å². The highest BCUT2D eigenvalue weighted by molar-refractivity contribution is 5.83. The summed E-state index contributed by atoms with van der Waals surface area (Å²) in [5, 5.41) is 14.4. The van der Waals surface area contributed by atoms with Crippen LogP contribution in [0, 0.1) is 5.92 Å². The number of benzene rings is 2. The zero-order chi connectivity index (χ0) is 17.6. The Bertz CT molecular complexity index is 752. The highest BCUT2D eigenvalue weighted by Gasteiger charge is 2.22. The van der Waals surface area contributed by atoms with E-state index in [4.69, 9.17) is 4.74 Å². The van der Waals surface area contributed by atoms with Gasteiger partial charge in [-0.3, -0.25) is 9.59 Å². The quantitative estimate of drug-likeness (QED) is 0.812. The van der Waals surface area contributed by atoms with Crippen molar-refractivity contribution < 1.29 is 19.4 Å². The zero-order valence-corrected chi connectivity index (χ0v) is 14.1. The first-order valence-electron chi connectivity index (χ1n) is 8.70. The number of hydrogen-bond donors (Lipinski definition) is 2. The minimum Gasteiger partial charge on any atom is -0.481 e. The number of fused-ring (bicyclic) bond motifs is 1. The van der Waals surface area contributed by atoms with E-state index in [1.165, 1.54) is 0 Å². The maximum Gasteiger partial charge on any atom is 0.308 e. The van der Waals surface area contributed by atoms with E-state index < -0.39 is 11.9 Å². The van der Waals surface area contributed by atoms with Crippen LogP contribution in [0.15, 0.2) is 42.5 Å². The minimum atomic E-state index is -0.898. The number of carboxylic acids is 1. The minimum absolute atomic E-state index is 0.0243. The van der Waals surface area contributed by atoms with Gasteiger partial charge in [0.1, 0.15) is 0 Å². The molecular formula is C20H23NO4. The Hall–Kier alpha value is -2.40. The summed E-state index contributed by atoms with van der Waals surface area (Å²) in [5.41, 5.74) is 0.958. The van der Waals surface area contributed by atoms with Gasteiger partial charge in [-0.15, -0.1) is 0 Å². The van der Waals surface area contributed by atoms with Gasteiger partial charge in [-0.25, -0.2) is 0 Å². The van der Waals surface area contributed by atoms with Crippen LogP contribution in [-0.2, 0) is 20.7 Å². The molecule has 5 heteroatoms. The van der Waals surface area contributed by atoms with Crippen LogP contribution < -0.4 is 5.32 Å². The monoisotopic (exact) mass is 341 g/mol. The number of rotatable bonds is 7. The molecular weight excluding hydrogens is 318 g/mol. The average molecular weight is 341 g/mol. The molecule has 0 bridgehead atoms. The molecule has 0 aliphatic carbocycles. The molecule has 1 amide bonds. The summed E-state index contributed by atoms with van der Waals surface area (Å²) in [6.07, 6.45) is 2.55. The summed E-state index contributed by atoms with van der Waals surface area (Å²) in [6.45, 7) is 0.839. The van der Waals surface area contributed by atoms with Crippen molar-refractivity contribution in [3.8, 4) is 0 Å². The van der Waals surface area contributed by atoms with Crippen LogP contribution in [0.2, 0.25) is 0 Å². The number of aliphatic carboxylic acids is 1. The van der Waals surface area contributed by atoms with Gasteiger partial charge in [0.2, 0.25) is 5.91 Å². The third-order valence-corrected chi connectivity index (χ3v) is 4.63. The second kappa shape index (κ2) is 8.12. The number of nitrogens with one attached hydrogen (secondary N) is 1. The van der Waals surface area contributed by atoms with Crippen LogP contribution in [0.1, 0.15) is 24.8 Å². The van der Waals surface area contributed by atoms with Crippen molar-refractivity contribution in [3.63, 3.8) is 0 Å². The van der Waals surface area contributed by atoms with Crippen LogP contribution in [0.25, 0.3) is 10.8 Å². The van der Waals surface area contributed by atoms with Gasteiger partial charge in [-0.1, -0.05) is 42.5 Å². The number of amides is 1. The zero-order valence-electron chi connectivity index (χ0n) is 14.1. The fourth-order valence-corrected chi connectivity index (χ4v) is 3.22. The van der Waals surface area contributed by atoms with Crippen molar-refractivity contribution in [3.05, 3.63) is 48.0 Å². The predicted octanol–water partition coefficient (Wildman–Crippen LogP) is 2.77. The number of carbonyl (C=O) groups excluding carboxylic acids is 1. The Morgan fingerprint density at radius 3 is 2.72 bits per heavy atom. The second-order valence-corrected chi connectivity index (χ2v) is 6.56. The summed E-state index contributed by atoms with van der Waals surface area (Å²) < 4.78 is 5.44. The van der Waals surface area contributed by atoms with Crippen molar-refractivity contribution in [2.45, 2.75) is 31.8 Å². The van der Waals surface area contributed by atoms with Gasteiger partial charge >= 0.3 is 5.97 Å². The molecule has 0 spiro atoms. The normalized spacial score (nSPS) is 18.2. The fraction of sp³-hybridized carbons (Fsp3) is 0.400. The van der Waals surface area contributed by atoms with Gasteiger partial charge < -0.3 is 15.2 Å². The molecule has 1 saturated heterocycles. The van der Waals surface area contributed by atoms with E-state index in [-0.39, 0.29) is 18.6 Å². The van der Waals surface area contributed by atoms with Gasteiger partial charge in [0.05, 0.1) is 18.4 Å². The van der Waals surface area contributed by atoms with Gasteiger partial charge in [0.15, 0.2) is 0 Å². The van der Waals surface area contributed by atoms with Crippen molar-refractivity contribution in [2.75, 3.05) is 13.2 Å². The molecule has 0 radical (unpaired) electrons. The van der Waals surface area contributed by atoms with E-state index in [0.29, 0.717) is 19.4 Å². The Kier molecular flexibility index (Phi) is 5.66. The molecule has 1 aliphatic heterocycles. The first kappa shape index (κ1) is 17.4. The first-order valence-corrected chi connectivity index (χ1v) is 8.70. The molecule has 2 N–H and O–H groups in total. The third kappa shape index (κ3) is 4.79. The Morgan fingerprint density at radius 1 is 1.20 bits per heavy atom. The molecule has 1 aliphatic rings. The highest BCUT2D eigenvalue weighted by atomic mass is 16.5. The molecule has 2 aromatic rings. The molecule has 0 aromatic heterocycles. The molecule has 2 unspecified atom stereocenters. The van der Waals surface area contributed by atoms with Crippen molar-refractivity contribution in [2.24, 2.45) is 5.92 Å². The number of ether oxygens (including phenoxy) is 1. The average Bonchev–Trinajstić information content (AvgIpc) is 3.11. The van der Waals surface area contributed by atoms with Crippen LogP contribution in [-0.4, -0.2) is 36.2 Å². The van der Waals surface area contributed by atoms with Crippen LogP contribution in [0.5, 0.6) is 0 Å². The van der Waals surface area contributed by atoms with Gasteiger partial charge in [0, 0.05) is 13.2 Å². The first-order chi connectivity index (χ1) is 12.1. The number of hydrogen-bond acceptors (Lipinski definition) is 3. The molecule has 1 fully saturated rings. The van der Waals surface area contributed by atoms with Gasteiger partial charge in [-0.05, 0) is 35.6 Å². The van der Waals surface area contributed by atoms with Crippen LogP contribution >= 0.6 is 0 Å². The highest BCUT2D eigenvalue weighted by Crippen LogP contribution is 2.18. The SMILES string of the molecule is O=C(CC1CCCO1)NCC(Cc1ccc2ccccc2c1)C(=O)O. The lowest BCUT2D eigenvalue weighted by Crippen LogP contribution is -2.35. The van der Waals surface area contributed by atoms with Gasteiger partial charge in [-0.2, -0.15) is 0 Å². The van der Waals surface area contributed by atoms with E-state index in [1.54, 1.807) is 0 Å². The Morgan fingerprint density at radius 2 is 2.00 bits per heavy atom. The topological polar surface area (TPSA) is 75.6 Å². The maximum atomic E-state index is 12.0. The van der Waals surface area contributed by atoms with E-state index in [9.17, 15) is 14.7 Å². The summed E-state index contributed by atoms with van der Waals surface area (Å²) in [4.78, 5) is 23.5. The second-order valence-electron chi connectivity index (χ2n) is 6.56. The molecule has 25 heavy (non-hydrogen) atoms. The van der Waals surface area contributed by atoms with E-state index in [1.807, 2.05) is 42.5 Å². The lowest BCUT2D eigenvalue weighted by molar-refractivity contribution is -0.141. The summed E-state index contributed by atoms with van der Waals surface area (Å²) in [7, 11) is 0. The van der Waals surface area contributed by atoms with Crippen molar-refractivity contribution >= 4 is 22.6 Å². The smallest absolute Gasteiger partial charge is 0.308 e. The standard InChI is InChI=1S/C20H23NO4/c22-19(12-18-6-3-9-25-18)21-13-17(20(23)24)11-14-7-8-15-4-1-2-5-16(15)10-14/h1-2,4-5,7-8,10,17-18H,3,6,9,11-13H2,(H,21,22)(H,23,24). The predicted molar refractivity (Wildman–Crippen MR) is 95.4 cm³/mol. The molecule has 132 valence electrons. The summed E-state index contributed by atoms with van der Waals surface area (Å²) in [5.74, 6) is -1.68. The van der Waals surface area contributed by atoms with Crippen LogP contribution in [0.3, 0.4) is 0 Å². The molecule has 3 rings (SSSR count).